The molecule has 4 aromatic carbocycles. The Bertz CT molecular complexity index is 1210. The molecule has 0 unspecified atom stereocenters. The highest BCUT2D eigenvalue weighted by Gasteiger charge is 2.00. The number of unbranched alkanes of at least 4 members (excludes halogenated alkanes) is 14. The lowest BCUT2D eigenvalue weighted by molar-refractivity contribution is 0.304. The van der Waals surface area contributed by atoms with Gasteiger partial charge in [-0.05, 0) is 71.5 Å². The maximum atomic E-state index is 5.97. The monoisotopic (exact) mass is 630 g/mol. The van der Waals surface area contributed by atoms with Crippen molar-refractivity contribution in [1.82, 2.24) is 0 Å². The van der Waals surface area contributed by atoms with Crippen LogP contribution in [-0.2, 0) is 0 Å². The van der Waals surface area contributed by atoms with Gasteiger partial charge < -0.3 is 9.47 Å². The number of benzene rings is 4. The van der Waals surface area contributed by atoms with Gasteiger partial charge >= 0.3 is 0 Å². The number of hydrogen-bond acceptors (Lipinski definition) is 4. The number of fused-ring (bicyclic) bond motifs is 2. The van der Waals surface area contributed by atoms with Crippen LogP contribution in [0.15, 0.2) is 84.9 Å². The molecule has 0 saturated carbocycles. The Morgan fingerprint density at radius 3 is 1.09 bits per heavy atom. The molecule has 44 heavy (non-hydrogen) atoms. The number of hydrogen-bond donors (Lipinski definition) is 0. The van der Waals surface area contributed by atoms with Gasteiger partial charge in [-0.15, -0.1) is 0 Å². The highest BCUT2D eigenvalue weighted by Crippen LogP contribution is 2.25. The van der Waals surface area contributed by atoms with E-state index >= 15 is 0 Å². The first-order valence-electron chi connectivity index (χ1n) is 17.4. The highest BCUT2D eigenvalue weighted by atomic mass is 33.1. The van der Waals surface area contributed by atoms with Crippen LogP contribution < -0.4 is 9.47 Å². The third-order valence-corrected chi connectivity index (χ3v) is 10.9. The van der Waals surface area contributed by atoms with Gasteiger partial charge in [0.2, 0.25) is 0 Å². The molecule has 0 bridgehead atoms. The predicted molar refractivity (Wildman–Crippen MR) is 198 cm³/mol. The van der Waals surface area contributed by atoms with Crippen molar-refractivity contribution in [3.05, 3.63) is 84.9 Å². The van der Waals surface area contributed by atoms with E-state index in [9.17, 15) is 0 Å². The van der Waals surface area contributed by atoms with Crippen LogP contribution in [0.3, 0.4) is 0 Å². The minimum atomic E-state index is 0.831. The van der Waals surface area contributed by atoms with Crippen LogP contribution in [0.1, 0.15) is 103 Å². The molecule has 0 heterocycles. The maximum Gasteiger partial charge on any atom is 0.119 e. The second-order valence-corrected chi connectivity index (χ2v) is 14.7. The van der Waals surface area contributed by atoms with E-state index in [-0.39, 0.29) is 0 Å². The smallest absolute Gasteiger partial charge is 0.119 e. The summed E-state index contributed by atoms with van der Waals surface area (Å²) in [7, 11) is 4.20. The summed E-state index contributed by atoms with van der Waals surface area (Å²) in [6, 6.07) is 29.7. The summed E-state index contributed by atoms with van der Waals surface area (Å²) in [6.45, 7) is 1.66. The van der Waals surface area contributed by atoms with Gasteiger partial charge in [-0.2, -0.15) is 0 Å². The van der Waals surface area contributed by atoms with E-state index in [4.69, 9.17) is 9.47 Å². The van der Waals surface area contributed by atoms with Gasteiger partial charge in [0, 0.05) is 11.5 Å². The van der Waals surface area contributed by atoms with Gasteiger partial charge in [-0.3, -0.25) is 0 Å². The fraction of sp³-hybridized carbons (Fsp3) is 0.500. The van der Waals surface area contributed by atoms with E-state index < -0.39 is 0 Å². The molecule has 0 amide bonds. The van der Waals surface area contributed by atoms with Crippen molar-refractivity contribution < 1.29 is 9.47 Å². The van der Waals surface area contributed by atoms with Gasteiger partial charge in [0.25, 0.3) is 0 Å². The number of rotatable bonds is 25. The standard InChI is InChI=1S/C40H54O2S2/c1(5-9-17-29-41-39-27-25-35-21-13-15-23-37(35)33-39)3-7-11-19-31-43-44-32-20-12-8-4-2-6-10-18-30-42-40-28-26-36-22-14-16-24-38(36)34-40/h13-16,21-28,33-34H,1-12,17-20,29-32H2. The molecule has 2 nitrogen and oxygen atoms in total. The van der Waals surface area contributed by atoms with Crippen molar-refractivity contribution in [3.8, 4) is 11.5 Å². The van der Waals surface area contributed by atoms with E-state index in [1.807, 2.05) is 0 Å². The topological polar surface area (TPSA) is 18.5 Å². The van der Waals surface area contributed by atoms with Crippen LogP contribution >= 0.6 is 21.6 Å². The normalized spacial score (nSPS) is 11.4. The molecule has 0 aliphatic carbocycles. The second kappa shape index (κ2) is 22.2. The van der Waals surface area contributed by atoms with E-state index in [2.05, 4.69) is 107 Å². The van der Waals surface area contributed by atoms with Crippen LogP contribution in [0.25, 0.3) is 21.5 Å². The molecule has 0 aliphatic heterocycles. The molecule has 0 aromatic heterocycles. The first kappa shape index (κ1) is 34.6. The average Bonchev–Trinajstić information content (AvgIpc) is 3.06. The summed E-state index contributed by atoms with van der Waals surface area (Å²) in [6.07, 6.45) is 21.4. The van der Waals surface area contributed by atoms with Crippen LogP contribution in [0.5, 0.6) is 11.5 Å². The summed E-state index contributed by atoms with van der Waals surface area (Å²) < 4.78 is 11.9. The first-order valence-corrected chi connectivity index (χ1v) is 19.8. The third kappa shape index (κ3) is 14.2. The molecular weight excluding hydrogens is 577 g/mol. The molecule has 0 aliphatic rings. The average molecular weight is 631 g/mol. The molecule has 0 N–H and O–H groups in total. The van der Waals surface area contributed by atoms with Crippen molar-refractivity contribution in [2.75, 3.05) is 24.7 Å². The molecule has 0 fully saturated rings. The second-order valence-electron chi connectivity index (χ2n) is 12.0. The Labute approximate surface area is 275 Å². The number of ether oxygens (including phenoxy) is 2. The van der Waals surface area contributed by atoms with E-state index in [0.717, 1.165) is 37.6 Å². The van der Waals surface area contributed by atoms with Gasteiger partial charge in [-0.1, -0.05) is 159 Å². The van der Waals surface area contributed by atoms with E-state index in [1.54, 1.807) is 0 Å². The summed E-state index contributed by atoms with van der Waals surface area (Å²) in [4.78, 5) is 0. The summed E-state index contributed by atoms with van der Waals surface area (Å²) in [5.74, 6) is 4.64. The highest BCUT2D eigenvalue weighted by molar-refractivity contribution is 8.76. The molecule has 4 aromatic rings. The van der Waals surface area contributed by atoms with Gasteiger partial charge in [0.1, 0.15) is 11.5 Å². The predicted octanol–water partition coefficient (Wildman–Crippen LogP) is 13.1. The molecule has 4 heteroatoms. The maximum absolute atomic E-state index is 5.97. The molecule has 0 radical (unpaired) electrons. The first-order chi connectivity index (χ1) is 21.9. The molecule has 238 valence electrons. The van der Waals surface area contributed by atoms with Crippen molar-refractivity contribution in [3.63, 3.8) is 0 Å². The van der Waals surface area contributed by atoms with Gasteiger partial charge in [0.05, 0.1) is 13.2 Å². The SMILES string of the molecule is c1ccc2cc(OCCCCCCCCCCSSCCCCCCCCCCOc3ccc4ccccc4c3)ccc2c1. The summed E-state index contributed by atoms with van der Waals surface area (Å²) in [5.41, 5.74) is 0. The van der Waals surface area contributed by atoms with Crippen molar-refractivity contribution >= 4 is 43.1 Å². The fourth-order valence-corrected chi connectivity index (χ4v) is 7.95. The quantitative estimate of drug-likeness (QED) is 0.0535. The minimum absolute atomic E-state index is 0.831. The zero-order valence-electron chi connectivity index (χ0n) is 26.9. The Hall–Kier alpha value is -2.30. The zero-order chi connectivity index (χ0) is 30.3. The fourth-order valence-electron chi connectivity index (χ4n) is 5.66. The molecule has 0 saturated heterocycles. The Balaban J connectivity index is 0.820. The van der Waals surface area contributed by atoms with Gasteiger partial charge in [-0.25, -0.2) is 0 Å². The van der Waals surface area contributed by atoms with Crippen molar-refractivity contribution in [2.45, 2.75) is 103 Å². The van der Waals surface area contributed by atoms with Crippen LogP contribution in [0, 0.1) is 0 Å². The lowest BCUT2D eigenvalue weighted by atomic mass is 10.1. The van der Waals surface area contributed by atoms with Gasteiger partial charge in [0.15, 0.2) is 0 Å². The Morgan fingerprint density at radius 1 is 0.341 bits per heavy atom. The largest absolute Gasteiger partial charge is 0.494 e. The Morgan fingerprint density at radius 2 is 0.682 bits per heavy atom. The van der Waals surface area contributed by atoms with Crippen molar-refractivity contribution in [2.24, 2.45) is 0 Å². The minimum Gasteiger partial charge on any atom is -0.494 e. The van der Waals surface area contributed by atoms with E-state index in [1.165, 1.54) is 123 Å². The molecular formula is C40H54O2S2. The molecule has 4 rings (SSSR count). The van der Waals surface area contributed by atoms with Crippen LogP contribution in [0.2, 0.25) is 0 Å². The molecule has 0 spiro atoms. The van der Waals surface area contributed by atoms with Crippen LogP contribution in [0.4, 0.5) is 0 Å². The van der Waals surface area contributed by atoms with Crippen molar-refractivity contribution in [1.29, 1.82) is 0 Å². The Kier molecular flexibility index (Phi) is 17.5. The third-order valence-electron chi connectivity index (χ3n) is 8.31. The molecule has 0 atom stereocenters. The summed E-state index contributed by atoms with van der Waals surface area (Å²) >= 11 is 0. The lowest BCUT2D eigenvalue weighted by Crippen LogP contribution is -1.97. The van der Waals surface area contributed by atoms with Crippen LogP contribution in [-0.4, -0.2) is 24.7 Å². The van der Waals surface area contributed by atoms with E-state index in [0.29, 0.717) is 0 Å². The zero-order valence-corrected chi connectivity index (χ0v) is 28.5. The summed E-state index contributed by atoms with van der Waals surface area (Å²) in [5, 5.41) is 5.06. The lowest BCUT2D eigenvalue weighted by Gasteiger charge is -2.07.